The molecule has 1 fully saturated rings. The summed E-state index contributed by atoms with van der Waals surface area (Å²) in [6, 6.07) is 20.0. The molecular formula is C33H36FN5O2S. The number of amides is 1. The van der Waals surface area contributed by atoms with E-state index in [4.69, 9.17) is 0 Å². The molecule has 42 heavy (non-hydrogen) atoms. The minimum atomic E-state index is -0.628. The van der Waals surface area contributed by atoms with E-state index in [1.807, 2.05) is 68.9 Å². The molecule has 1 amide bonds. The highest BCUT2D eigenvalue weighted by Crippen LogP contribution is 2.30. The standard InChI is InChI=1S/C33H36FN5O2S/c1-33(2,3)26-10-6-5-8-24(26)31(40)37-27-11-7-9-25(29(27)34)28-21-38(4)32(41)30(36-28)35-23-14-12-22(13-15-23)20-39-16-18-42-19-17-39/h5-15,21H,16-20H2,1-4H3,(H,35,36)(H,37,40). The van der Waals surface area contributed by atoms with Gasteiger partial charge in [0, 0.05) is 61.2 Å². The number of anilines is 3. The van der Waals surface area contributed by atoms with Gasteiger partial charge in [0.1, 0.15) is 0 Å². The molecule has 4 aromatic rings. The lowest BCUT2D eigenvalue weighted by Gasteiger charge is -2.26. The Hall–Kier alpha value is -3.95. The molecule has 2 heterocycles. The van der Waals surface area contributed by atoms with Crippen LogP contribution in [0.15, 0.2) is 77.7 Å². The van der Waals surface area contributed by atoms with E-state index in [2.05, 4.69) is 20.5 Å². The molecule has 0 aliphatic carbocycles. The van der Waals surface area contributed by atoms with Crippen LogP contribution in [0.3, 0.4) is 0 Å². The number of hydrogen-bond acceptors (Lipinski definition) is 6. The number of halogens is 1. The second-order valence-electron chi connectivity index (χ2n) is 11.5. The molecule has 218 valence electrons. The maximum absolute atomic E-state index is 15.8. The Bertz CT molecular complexity index is 1640. The molecule has 0 unspecified atom stereocenters. The third-order valence-corrected chi connectivity index (χ3v) is 8.24. The van der Waals surface area contributed by atoms with Crippen molar-refractivity contribution in [3.05, 3.63) is 106 Å². The van der Waals surface area contributed by atoms with Gasteiger partial charge in [0.25, 0.3) is 11.5 Å². The summed E-state index contributed by atoms with van der Waals surface area (Å²) in [6.07, 6.45) is 1.49. The van der Waals surface area contributed by atoms with E-state index in [0.717, 1.165) is 36.7 Å². The highest BCUT2D eigenvalue weighted by molar-refractivity contribution is 7.99. The van der Waals surface area contributed by atoms with Crippen molar-refractivity contribution in [2.45, 2.75) is 32.7 Å². The second kappa shape index (κ2) is 12.5. The molecule has 0 atom stereocenters. The van der Waals surface area contributed by atoms with E-state index in [-0.39, 0.29) is 33.7 Å². The van der Waals surface area contributed by atoms with E-state index in [1.165, 1.54) is 22.4 Å². The molecule has 2 N–H and O–H groups in total. The van der Waals surface area contributed by atoms with Crippen LogP contribution in [0.25, 0.3) is 11.3 Å². The molecule has 1 saturated heterocycles. The van der Waals surface area contributed by atoms with E-state index >= 15 is 4.39 Å². The van der Waals surface area contributed by atoms with Crippen molar-refractivity contribution in [3.63, 3.8) is 0 Å². The first kappa shape index (κ1) is 29.5. The minimum Gasteiger partial charge on any atom is -0.336 e. The Kier molecular flexibility index (Phi) is 8.80. The fourth-order valence-corrected chi connectivity index (χ4v) is 5.99. The molecular weight excluding hydrogens is 549 g/mol. The average Bonchev–Trinajstić information content (AvgIpc) is 2.97. The Morgan fingerprint density at radius 1 is 1.00 bits per heavy atom. The van der Waals surface area contributed by atoms with Gasteiger partial charge in [-0.05, 0) is 46.9 Å². The number of carbonyl (C=O) groups excluding carboxylic acids is 1. The van der Waals surface area contributed by atoms with Gasteiger partial charge in [0.05, 0.1) is 11.4 Å². The molecule has 5 rings (SSSR count). The van der Waals surface area contributed by atoms with Crippen LogP contribution in [0.4, 0.5) is 21.6 Å². The quantitative estimate of drug-likeness (QED) is 0.260. The van der Waals surface area contributed by atoms with Crippen molar-refractivity contribution < 1.29 is 9.18 Å². The monoisotopic (exact) mass is 585 g/mol. The molecule has 9 heteroatoms. The lowest BCUT2D eigenvalue weighted by Crippen LogP contribution is -2.31. The molecule has 3 aromatic carbocycles. The topological polar surface area (TPSA) is 79.3 Å². The summed E-state index contributed by atoms with van der Waals surface area (Å²) in [7, 11) is 1.60. The lowest BCUT2D eigenvalue weighted by atomic mass is 9.83. The van der Waals surface area contributed by atoms with Crippen LogP contribution >= 0.6 is 11.8 Å². The maximum Gasteiger partial charge on any atom is 0.293 e. The van der Waals surface area contributed by atoms with Gasteiger partial charge in [-0.15, -0.1) is 0 Å². The van der Waals surface area contributed by atoms with E-state index in [0.29, 0.717) is 11.3 Å². The maximum atomic E-state index is 15.8. The number of aryl methyl sites for hydroxylation is 1. The van der Waals surface area contributed by atoms with Gasteiger partial charge in [-0.2, -0.15) is 11.8 Å². The highest BCUT2D eigenvalue weighted by Gasteiger charge is 2.23. The Labute approximate surface area is 250 Å². The van der Waals surface area contributed by atoms with Gasteiger partial charge in [-0.3, -0.25) is 14.5 Å². The molecule has 7 nitrogen and oxygen atoms in total. The zero-order valence-electron chi connectivity index (χ0n) is 24.4. The number of thioether (sulfide) groups is 1. The number of benzene rings is 3. The van der Waals surface area contributed by atoms with Gasteiger partial charge in [0.2, 0.25) is 0 Å². The SMILES string of the molecule is Cn1cc(-c2cccc(NC(=O)c3ccccc3C(C)(C)C)c2F)nc(Nc2ccc(CN3CCSCC3)cc2)c1=O. The summed E-state index contributed by atoms with van der Waals surface area (Å²) in [5.41, 5.74) is 3.15. The smallest absolute Gasteiger partial charge is 0.293 e. The van der Waals surface area contributed by atoms with Crippen LogP contribution in [-0.2, 0) is 19.0 Å². The highest BCUT2D eigenvalue weighted by atomic mass is 32.2. The van der Waals surface area contributed by atoms with Crippen molar-refractivity contribution in [2.75, 3.05) is 35.2 Å². The fourth-order valence-electron chi connectivity index (χ4n) is 5.02. The summed E-state index contributed by atoms with van der Waals surface area (Å²) < 4.78 is 17.2. The summed E-state index contributed by atoms with van der Waals surface area (Å²) in [5.74, 6) is 1.38. The summed E-state index contributed by atoms with van der Waals surface area (Å²) in [5, 5.41) is 5.84. The van der Waals surface area contributed by atoms with Gasteiger partial charge < -0.3 is 15.2 Å². The van der Waals surface area contributed by atoms with Crippen LogP contribution in [0.5, 0.6) is 0 Å². The second-order valence-corrected chi connectivity index (χ2v) is 12.7. The van der Waals surface area contributed by atoms with E-state index in [1.54, 1.807) is 31.3 Å². The molecule has 1 aromatic heterocycles. The average molecular weight is 586 g/mol. The molecule has 0 spiro atoms. The van der Waals surface area contributed by atoms with Crippen LogP contribution in [0.2, 0.25) is 0 Å². The first-order valence-electron chi connectivity index (χ1n) is 14.0. The van der Waals surface area contributed by atoms with Crippen molar-refractivity contribution in [2.24, 2.45) is 7.05 Å². The first-order chi connectivity index (χ1) is 20.1. The van der Waals surface area contributed by atoms with Crippen LogP contribution in [-0.4, -0.2) is 45.0 Å². The minimum absolute atomic E-state index is 0.0364. The number of nitrogens with one attached hydrogen (secondary N) is 2. The zero-order chi connectivity index (χ0) is 29.9. The largest absolute Gasteiger partial charge is 0.336 e. The number of rotatable bonds is 7. The van der Waals surface area contributed by atoms with Crippen LogP contribution in [0, 0.1) is 5.82 Å². The summed E-state index contributed by atoms with van der Waals surface area (Å²) in [6.45, 7) is 9.15. The third-order valence-electron chi connectivity index (χ3n) is 7.30. The van der Waals surface area contributed by atoms with Crippen molar-refractivity contribution in [3.8, 4) is 11.3 Å². The predicted octanol–water partition coefficient (Wildman–Crippen LogP) is 6.43. The number of aromatic nitrogens is 2. The third kappa shape index (κ3) is 6.74. The van der Waals surface area contributed by atoms with Gasteiger partial charge >= 0.3 is 0 Å². The Morgan fingerprint density at radius 3 is 2.43 bits per heavy atom. The predicted molar refractivity (Wildman–Crippen MR) is 170 cm³/mol. The molecule has 0 bridgehead atoms. The molecule has 0 radical (unpaired) electrons. The fraction of sp³-hybridized carbons (Fsp3) is 0.303. The zero-order valence-corrected chi connectivity index (χ0v) is 25.2. The first-order valence-corrected chi connectivity index (χ1v) is 15.2. The normalized spacial score (nSPS) is 14.0. The number of carbonyl (C=O) groups is 1. The summed E-state index contributed by atoms with van der Waals surface area (Å²) >= 11 is 1.99. The Morgan fingerprint density at radius 2 is 1.71 bits per heavy atom. The number of hydrogen-bond donors (Lipinski definition) is 2. The lowest BCUT2D eigenvalue weighted by molar-refractivity contribution is 0.102. The van der Waals surface area contributed by atoms with Gasteiger partial charge in [-0.1, -0.05) is 57.2 Å². The van der Waals surface area contributed by atoms with E-state index < -0.39 is 11.7 Å². The van der Waals surface area contributed by atoms with Crippen molar-refractivity contribution >= 4 is 34.9 Å². The van der Waals surface area contributed by atoms with E-state index in [9.17, 15) is 9.59 Å². The molecule has 1 aliphatic heterocycles. The number of nitrogens with zero attached hydrogens (tertiary/aromatic N) is 3. The van der Waals surface area contributed by atoms with Crippen LogP contribution in [0.1, 0.15) is 42.3 Å². The Balaban J connectivity index is 1.38. The van der Waals surface area contributed by atoms with Gasteiger partial charge in [-0.25, -0.2) is 9.37 Å². The summed E-state index contributed by atoms with van der Waals surface area (Å²) in [4.78, 5) is 33.1. The molecule has 1 aliphatic rings. The van der Waals surface area contributed by atoms with Crippen molar-refractivity contribution in [1.29, 1.82) is 0 Å². The molecule has 0 saturated carbocycles. The van der Waals surface area contributed by atoms with Crippen molar-refractivity contribution in [1.82, 2.24) is 14.5 Å². The van der Waals surface area contributed by atoms with Crippen LogP contribution < -0.4 is 16.2 Å². The van der Waals surface area contributed by atoms with Gasteiger partial charge in [0.15, 0.2) is 11.6 Å².